The van der Waals surface area contributed by atoms with Gasteiger partial charge >= 0.3 is 5.97 Å². The summed E-state index contributed by atoms with van der Waals surface area (Å²) in [6.45, 7) is 10.5. The Labute approximate surface area is 137 Å². The van der Waals surface area contributed by atoms with Crippen LogP contribution in [-0.2, 0) is 28.5 Å². The lowest BCUT2D eigenvalue weighted by Gasteiger charge is -2.35. The van der Waals surface area contributed by atoms with E-state index in [0.717, 1.165) is 0 Å². The van der Waals surface area contributed by atoms with Gasteiger partial charge in [-0.05, 0) is 34.6 Å². The van der Waals surface area contributed by atoms with Crippen molar-refractivity contribution in [2.24, 2.45) is 0 Å². The highest BCUT2D eigenvalue weighted by Crippen LogP contribution is 2.41. The summed E-state index contributed by atoms with van der Waals surface area (Å²) in [4.78, 5) is 14.1. The Morgan fingerprint density at radius 1 is 1.13 bits per heavy atom. The van der Waals surface area contributed by atoms with Gasteiger partial charge in [-0.3, -0.25) is 9.69 Å². The number of carbonyl (C=O) groups excluding carboxylic acids is 1. The summed E-state index contributed by atoms with van der Waals surface area (Å²) in [6, 6.07) is -0.504. The van der Waals surface area contributed by atoms with Crippen LogP contribution in [0.25, 0.3) is 0 Å². The van der Waals surface area contributed by atoms with Crippen molar-refractivity contribution in [2.75, 3.05) is 20.3 Å². The normalized spacial score (nSPS) is 40.1. The highest BCUT2D eigenvalue weighted by molar-refractivity contribution is 5.75. The Bertz CT molecular complexity index is 479. The van der Waals surface area contributed by atoms with Crippen LogP contribution in [0.15, 0.2) is 0 Å². The first-order valence-electron chi connectivity index (χ1n) is 8.14. The lowest BCUT2D eigenvalue weighted by atomic mass is 10.0. The summed E-state index contributed by atoms with van der Waals surface area (Å²) in [6.07, 6.45) is -0.418. The molecule has 3 aliphatic rings. The zero-order valence-electron chi connectivity index (χ0n) is 14.7. The van der Waals surface area contributed by atoms with Crippen molar-refractivity contribution < 1.29 is 28.5 Å². The third-order valence-electron chi connectivity index (χ3n) is 4.78. The predicted octanol–water partition coefficient (Wildman–Crippen LogP) is 0.904. The van der Waals surface area contributed by atoms with E-state index in [0.29, 0.717) is 13.2 Å². The summed E-state index contributed by atoms with van der Waals surface area (Å²) in [5.74, 6) is -1.52. The second-order valence-electron chi connectivity index (χ2n) is 7.39. The topological polar surface area (TPSA) is 66.5 Å². The maximum Gasteiger partial charge on any atom is 0.322 e. The Hall–Kier alpha value is -0.730. The molecule has 5 atom stereocenters. The molecule has 3 aliphatic heterocycles. The highest BCUT2D eigenvalue weighted by Gasteiger charge is 2.58. The van der Waals surface area contributed by atoms with Crippen LogP contribution in [0, 0.1) is 0 Å². The molecule has 3 saturated heterocycles. The van der Waals surface area contributed by atoms with Crippen LogP contribution in [0.4, 0.5) is 0 Å². The number of hydrogen-bond donors (Lipinski definition) is 0. The van der Waals surface area contributed by atoms with Crippen molar-refractivity contribution in [3.8, 4) is 0 Å². The highest BCUT2D eigenvalue weighted by atomic mass is 16.8. The fourth-order valence-electron chi connectivity index (χ4n) is 3.84. The molecule has 7 nitrogen and oxygen atoms in total. The lowest BCUT2D eigenvalue weighted by Crippen LogP contribution is -2.53. The van der Waals surface area contributed by atoms with Crippen LogP contribution in [0.5, 0.6) is 0 Å². The van der Waals surface area contributed by atoms with Crippen molar-refractivity contribution in [1.82, 2.24) is 4.90 Å². The van der Waals surface area contributed by atoms with E-state index in [2.05, 4.69) is 4.90 Å². The molecule has 3 rings (SSSR count). The number of ether oxygens (including phenoxy) is 5. The minimum Gasteiger partial charge on any atom is -0.468 e. The molecule has 0 N–H and O–H groups in total. The van der Waals surface area contributed by atoms with Crippen LogP contribution >= 0.6 is 0 Å². The first-order chi connectivity index (χ1) is 10.6. The molecule has 132 valence electrons. The quantitative estimate of drug-likeness (QED) is 0.713. The summed E-state index contributed by atoms with van der Waals surface area (Å²) in [7, 11) is 1.40. The van der Waals surface area contributed by atoms with E-state index in [9.17, 15) is 4.79 Å². The number of hydrogen-bond acceptors (Lipinski definition) is 7. The number of fused-ring (bicyclic) bond motifs is 1. The fourth-order valence-corrected chi connectivity index (χ4v) is 3.84. The molecule has 0 aromatic heterocycles. The van der Waals surface area contributed by atoms with Gasteiger partial charge in [-0.2, -0.15) is 0 Å². The molecule has 0 spiro atoms. The smallest absolute Gasteiger partial charge is 0.322 e. The molecule has 0 aromatic rings. The molecule has 3 heterocycles. The van der Waals surface area contributed by atoms with Crippen molar-refractivity contribution in [3.05, 3.63) is 0 Å². The molecule has 0 radical (unpaired) electrons. The van der Waals surface area contributed by atoms with Gasteiger partial charge in [-0.1, -0.05) is 0 Å². The van der Waals surface area contributed by atoms with Gasteiger partial charge in [-0.25, -0.2) is 0 Å². The number of methoxy groups -OCH3 is 1. The summed E-state index contributed by atoms with van der Waals surface area (Å²) in [5.41, 5.74) is 0. The average Bonchev–Trinajstić information content (AvgIpc) is 3.05. The van der Waals surface area contributed by atoms with Crippen molar-refractivity contribution in [1.29, 1.82) is 0 Å². The van der Waals surface area contributed by atoms with Crippen LogP contribution in [-0.4, -0.2) is 73.1 Å². The van der Waals surface area contributed by atoms with E-state index in [4.69, 9.17) is 23.7 Å². The molecule has 1 unspecified atom stereocenters. The van der Waals surface area contributed by atoms with Crippen molar-refractivity contribution in [2.45, 2.75) is 76.6 Å². The molecule has 0 aromatic carbocycles. The van der Waals surface area contributed by atoms with E-state index in [1.165, 1.54) is 7.11 Å². The zero-order valence-corrected chi connectivity index (χ0v) is 14.7. The van der Waals surface area contributed by atoms with Gasteiger partial charge < -0.3 is 23.7 Å². The number of rotatable bonds is 3. The van der Waals surface area contributed by atoms with E-state index in [1.54, 1.807) is 0 Å². The largest absolute Gasteiger partial charge is 0.468 e. The van der Waals surface area contributed by atoms with E-state index >= 15 is 0 Å². The maximum absolute atomic E-state index is 12.0. The van der Waals surface area contributed by atoms with Gasteiger partial charge in [0.05, 0.1) is 19.8 Å². The first-order valence-corrected chi connectivity index (χ1v) is 8.14. The predicted molar refractivity (Wildman–Crippen MR) is 80.7 cm³/mol. The molecule has 0 amide bonds. The third kappa shape index (κ3) is 3.13. The molecule has 23 heavy (non-hydrogen) atoms. The number of carbonyl (C=O) groups is 1. The number of likely N-dealkylation sites (tertiary alicyclic amines) is 1. The second-order valence-corrected chi connectivity index (χ2v) is 7.39. The second kappa shape index (κ2) is 5.67. The van der Waals surface area contributed by atoms with E-state index < -0.39 is 17.6 Å². The third-order valence-corrected chi connectivity index (χ3v) is 4.78. The van der Waals surface area contributed by atoms with Gasteiger partial charge in [0.25, 0.3) is 0 Å². The van der Waals surface area contributed by atoms with Gasteiger partial charge in [0.15, 0.2) is 11.6 Å². The lowest BCUT2D eigenvalue weighted by molar-refractivity contribution is -0.182. The molecule has 7 heteroatoms. The molecular formula is C16H27NO6. The van der Waals surface area contributed by atoms with Gasteiger partial charge in [0.1, 0.15) is 24.4 Å². The first kappa shape index (κ1) is 17.1. The van der Waals surface area contributed by atoms with Crippen molar-refractivity contribution >= 4 is 5.97 Å². The van der Waals surface area contributed by atoms with Gasteiger partial charge in [0, 0.05) is 6.54 Å². The maximum atomic E-state index is 12.0. The number of esters is 1. The summed E-state index contributed by atoms with van der Waals surface area (Å²) in [5, 5.41) is 0. The standard InChI is InChI=1S/C16H27NO6/c1-9(14(18)19-6)17-7-10-13(23-16(4,5)21-10)12(17)11-8-20-15(2,3)22-11/h9-13H,7-8H2,1-6H3/t9-,10-,11?,12+,13-/m1/s1. The minimum absolute atomic E-state index is 0.0885. The average molecular weight is 329 g/mol. The SMILES string of the molecule is COC(=O)[C@@H](C)N1C[C@H]2OC(C)(C)O[C@H]2[C@@H]1C1COC(C)(C)O1. The monoisotopic (exact) mass is 329 g/mol. The van der Waals surface area contributed by atoms with E-state index in [-0.39, 0.29) is 30.3 Å². The van der Waals surface area contributed by atoms with Crippen LogP contribution in [0.2, 0.25) is 0 Å². The van der Waals surface area contributed by atoms with Crippen LogP contribution in [0.3, 0.4) is 0 Å². The summed E-state index contributed by atoms with van der Waals surface area (Å²) < 4.78 is 28.8. The zero-order chi connectivity index (χ0) is 17.0. The van der Waals surface area contributed by atoms with Crippen LogP contribution < -0.4 is 0 Å². The van der Waals surface area contributed by atoms with Gasteiger partial charge in [-0.15, -0.1) is 0 Å². The fraction of sp³-hybridized carbons (Fsp3) is 0.938. The van der Waals surface area contributed by atoms with Gasteiger partial charge in [0.2, 0.25) is 0 Å². The van der Waals surface area contributed by atoms with Crippen molar-refractivity contribution in [3.63, 3.8) is 0 Å². The summed E-state index contributed by atoms with van der Waals surface area (Å²) >= 11 is 0. The Balaban J connectivity index is 1.84. The molecule has 0 bridgehead atoms. The van der Waals surface area contributed by atoms with Crippen LogP contribution in [0.1, 0.15) is 34.6 Å². The Morgan fingerprint density at radius 2 is 1.78 bits per heavy atom. The molecular weight excluding hydrogens is 302 g/mol. The molecule has 3 fully saturated rings. The van der Waals surface area contributed by atoms with E-state index in [1.807, 2.05) is 34.6 Å². The molecule has 0 saturated carbocycles. The number of nitrogens with zero attached hydrogens (tertiary/aromatic N) is 1. The Morgan fingerprint density at radius 3 is 2.35 bits per heavy atom. The Kier molecular flexibility index (Phi) is 4.21. The minimum atomic E-state index is -0.627. The molecule has 0 aliphatic carbocycles.